The lowest BCUT2D eigenvalue weighted by Crippen LogP contribution is -2.37. The highest BCUT2D eigenvalue weighted by Crippen LogP contribution is 2.30. The van der Waals surface area contributed by atoms with E-state index in [2.05, 4.69) is 21.2 Å². The number of alkyl halides is 3. The van der Waals surface area contributed by atoms with Crippen molar-refractivity contribution < 1.29 is 26.4 Å². The number of sulfonamides is 1. The Labute approximate surface area is 212 Å². The first-order valence-corrected chi connectivity index (χ1v) is 12.5. The van der Waals surface area contributed by atoms with E-state index in [1.165, 1.54) is 24.3 Å². The first kappa shape index (κ1) is 26.5. The monoisotopic (exact) mass is 594 g/mol. The maximum absolute atomic E-state index is 13.3. The summed E-state index contributed by atoms with van der Waals surface area (Å²) in [5.74, 6) is -0.736. The van der Waals surface area contributed by atoms with Crippen molar-refractivity contribution in [2.45, 2.75) is 17.6 Å². The fraction of sp³-hybridized carbons (Fsp3) is 0.136. The second-order valence-corrected chi connectivity index (χ2v) is 10.8. The summed E-state index contributed by atoms with van der Waals surface area (Å²) in [4.78, 5) is 12.6. The molecule has 3 rings (SSSR count). The van der Waals surface area contributed by atoms with Crippen LogP contribution in [0.1, 0.15) is 11.1 Å². The highest BCUT2D eigenvalue weighted by atomic mass is 79.9. The normalized spacial score (nSPS) is 12.1. The Hall–Kier alpha value is -2.11. The van der Waals surface area contributed by atoms with Crippen molar-refractivity contribution in [3.05, 3.63) is 92.4 Å². The molecule has 5 nitrogen and oxygen atoms in total. The van der Waals surface area contributed by atoms with Crippen molar-refractivity contribution in [3.63, 3.8) is 0 Å². The fourth-order valence-corrected chi connectivity index (χ4v) is 4.90. The Morgan fingerprint density at radius 2 is 1.56 bits per heavy atom. The van der Waals surface area contributed by atoms with Crippen LogP contribution in [0, 0.1) is 0 Å². The molecule has 12 heteroatoms. The fourth-order valence-electron chi connectivity index (χ4n) is 2.93. The van der Waals surface area contributed by atoms with E-state index in [9.17, 15) is 26.4 Å². The number of amides is 1. The Morgan fingerprint density at radius 1 is 0.941 bits per heavy atom. The summed E-state index contributed by atoms with van der Waals surface area (Å²) in [5.41, 5.74) is -0.296. The van der Waals surface area contributed by atoms with Gasteiger partial charge in [-0.3, -0.25) is 4.79 Å². The topological polar surface area (TPSA) is 66.5 Å². The molecule has 1 amide bonds. The van der Waals surface area contributed by atoms with E-state index in [0.717, 1.165) is 28.6 Å². The molecule has 0 saturated heterocycles. The molecule has 0 aliphatic carbocycles. The molecule has 0 bridgehead atoms. The van der Waals surface area contributed by atoms with E-state index in [1.807, 2.05) is 0 Å². The predicted molar refractivity (Wildman–Crippen MR) is 128 cm³/mol. The number of carbonyl (C=O) groups is 1. The van der Waals surface area contributed by atoms with Crippen LogP contribution in [0.25, 0.3) is 0 Å². The molecule has 0 saturated carbocycles. The smallest absolute Gasteiger partial charge is 0.325 e. The van der Waals surface area contributed by atoms with Gasteiger partial charge in [-0.25, -0.2) is 8.42 Å². The van der Waals surface area contributed by atoms with Crippen LogP contribution in [0.3, 0.4) is 0 Å². The van der Waals surface area contributed by atoms with Crippen LogP contribution in [0.2, 0.25) is 10.0 Å². The lowest BCUT2D eigenvalue weighted by Gasteiger charge is -2.22. The first-order valence-electron chi connectivity index (χ1n) is 9.53. The van der Waals surface area contributed by atoms with Gasteiger partial charge in [0.15, 0.2) is 0 Å². The molecule has 0 unspecified atom stereocenters. The summed E-state index contributed by atoms with van der Waals surface area (Å²) in [6, 6.07) is 14.3. The van der Waals surface area contributed by atoms with Gasteiger partial charge >= 0.3 is 6.18 Å². The average molecular weight is 596 g/mol. The maximum Gasteiger partial charge on any atom is 0.416 e. The Bertz CT molecular complexity index is 1290. The summed E-state index contributed by atoms with van der Waals surface area (Å²) in [7, 11) is -4.13. The molecular formula is C22H16BrCl2F3N2O3S. The molecule has 0 aliphatic rings. The zero-order valence-electron chi connectivity index (χ0n) is 17.1. The molecule has 0 fully saturated rings. The van der Waals surface area contributed by atoms with E-state index in [0.29, 0.717) is 10.0 Å². The third-order valence-corrected chi connectivity index (χ3v) is 7.68. The number of nitrogens with zero attached hydrogens (tertiary/aromatic N) is 1. The van der Waals surface area contributed by atoms with E-state index in [-0.39, 0.29) is 27.2 Å². The molecule has 0 radical (unpaired) electrons. The third-order valence-electron chi connectivity index (χ3n) is 4.61. The highest BCUT2D eigenvalue weighted by molar-refractivity contribution is 9.10. The van der Waals surface area contributed by atoms with Gasteiger partial charge in [0.2, 0.25) is 15.9 Å². The van der Waals surface area contributed by atoms with Gasteiger partial charge in [-0.2, -0.15) is 17.5 Å². The second-order valence-electron chi connectivity index (χ2n) is 7.10. The molecule has 180 valence electrons. The molecule has 0 aromatic heterocycles. The molecule has 0 aliphatic heterocycles. The minimum absolute atomic E-state index is 0.0434. The lowest BCUT2D eigenvalue weighted by molar-refractivity contribution is -0.137. The van der Waals surface area contributed by atoms with Crippen LogP contribution in [-0.4, -0.2) is 25.2 Å². The summed E-state index contributed by atoms with van der Waals surface area (Å²) in [5, 5.41) is 2.92. The maximum atomic E-state index is 13.3. The minimum atomic E-state index is -4.52. The van der Waals surface area contributed by atoms with Gasteiger partial charge in [0.1, 0.15) is 0 Å². The van der Waals surface area contributed by atoms with Crippen LogP contribution >= 0.6 is 39.1 Å². The molecule has 0 heterocycles. The lowest BCUT2D eigenvalue weighted by atomic mass is 10.2. The molecule has 34 heavy (non-hydrogen) atoms. The van der Waals surface area contributed by atoms with E-state index < -0.39 is 34.2 Å². The van der Waals surface area contributed by atoms with Crippen LogP contribution in [0.4, 0.5) is 18.9 Å². The van der Waals surface area contributed by atoms with Crippen molar-refractivity contribution in [2.75, 3.05) is 11.9 Å². The number of benzene rings is 3. The number of hydrogen-bond donors (Lipinski definition) is 1. The van der Waals surface area contributed by atoms with Gasteiger partial charge < -0.3 is 5.32 Å². The van der Waals surface area contributed by atoms with Crippen molar-refractivity contribution in [1.29, 1.82) is 0 Å². The van der Waals surface area contributed by atoms with Gasteiger partial charge in [-0.1, -0.05) is 45.2 Å². The van der Waals surface area contributed by atoms with Crippen molar-refractivity contribution >= 4 is 60.7 Å². The molecule has 0 spiro atoms. The Kier molecular flexibility index (Phi) is 8.30. The summed E-state index contributed by atoms with van der Waals surface area (Å²) in [6.45, 7) is -0.796. The summed E-state index contributed by atoms with van der Waals surface area (Å²) in [6.07, 6.45) is -4.52. The highest BCUT2D eigenvalue weighted by Gasteiger charge is 2.30. The summed E-state index contributed by atoms with van der Waals surface area (Å²) < 4.78 is 66.4. The van der Waals surface area contributed by atoms with Crippen molar-refractivity contribution in [3.8, 4) is 0 Å². The van der Waals surface area contributed by atoms with Crippen molar-refractivity contribution in [1.82, 2.24) is 4.31 Å². The quantitative estimate of drug-likeness (QED) is 0.334. The van der Waals surface area contributed by atoms with Gasteiger partial charge in [-0.15, -0.1) is 0 Å². The van der Waals surface area contributed by atoms with Crippen molar-refractivity contribution in [2.24, 2.45) is 0 Å². The molecule has 3 aromatic rings. The van der Waals surface area contributed by atoms with E-state index in [4.69, 9.17) is 23.2 Å². The molecule has 0 atom stereocenters. The van der Waals surface area contributed by atoms with Gasteiger partial charge in [0.25, 0.3) is 0 Å². The Morgan fingerprint density at radius 3 is 2.12 bits per heavy atom. The first-order chi connectivity index (χ1) is 15.9. The molecular weight excluding hydrogens is 580 g/mol. The number of halogens is 6. The van der Waals surface area contributed by atoms with Gasteiger partial charge in [0.05, 0.1) is 27.0 Å². The predicted octanol–water partition coefficient (Wildman–Crippen LogP) is 6.60. The average Bonchev–Trinajstić information content (AvgIpc) is 2.76. The zero-order chi connectivity index (χ0) is 25.1. The third kappa shape index (κ3) is 6.73. The van der Waals surface area contributed by atoms with Crippen LogP contribution in [0.5, 0.6) is 0 Å². The number of rotatable bonds is 7. The number of nitrogens with one attached hydrogen (secondary N) is 1. The molecule has 3 aromatic carbocycles. The largest absolute Gasteiger partial charge is 0.416 e. The van der Waals surface area contributed by atoms with Crippen LogP contribution in [-0.2, 0) is 27.5 Å². The second kappa shape index (κ2) is 10.7. The summed E-state index contributed by atoms with van der Waals surface area (Å²) >= 11 is 15.2. The Balaban J connectivity index is 1.86. The van der Waals surface area contributed by atoms with E-state index >= 15 is 0 Å². The van der Waals surface area contributed by atoms with Crippen LogP contribution in [0.15, 0.2) is 76.1 Å². The van der Waals surface area contributed by atoms with E-state index in [1.54, 1.807) is 18.2 Å². The minimum Gasteiger partial charge on any atom is -0.325 e. The van der Waals surface area contributed by atoms with Gasteiger partial charge in [-0.05, 0) is 66.2 Å². The number of hydrogen-bond acceptors (Lipinski definition) is 3. The molecule has 1 N–H and O–H groups in total. The van der Waals surface area contributed by atoms with Gasteiger partial charge in [0, 0.05) is 16.7 Å². The SMILES string of the molecule is O=C(CN(Cc1ccc(Cl)c(Cl)c1)S(=O)(=O)c1ccc(Br)cc1)Nc1ccc(C(F)(F)F)cc1. The standard InChI is InChI=1S/C22H16BrCl2F3N2O3S/c23-16-4-8-18(9-5-16)34(32,33)30(12-14-1-10-19(24)20(25)11-14)13-21(31)29-17-6-2-15(3-7-17)22(26,27)28/h1-11H,12-13H2,(H,29,31). The number of carbonyl (C=O) groups excluding carboxylic acids is 1. The van der Waals surface area contributed by atoms with Crippen LogP contribution < -0.4 is 5.32 Å². The zero-order valence-corrected chi connectivity index (χ0v) is 21.0. The number of anilines is 1.